The van der Waals surface area contributed by atoms with Crippen molar-refractivity contribution < 1.29 is 13.2 Å². The first-order chi connectivity index (χ1) is 11.8. The van der Waals surface area contributed by atoms with E-state index in [0.717, 1.165) is 12.8 Å². The van der Waals surface area contributed by atoms with E-state index in [9.17, 15) is 13.2 Å². The summed E-state index contributed by atoms with van der Waals surface area (Å²) in [6.07, 6.45) is -0.374. The number of rotatable bonds is 4. The quantitative estimate of drug-likeness (QED) is 0.906. The van der Waals surface area contributed by atoms with Gasteiger partial charge < -0.3 is 9.88 Å². The van der Waals surface area contributed by atoms with Gasteiger partial charge in [0.05, 0.1) is 6.04 Å². The number of alkyl halides is 3. The molecule has 0 saturated heterocycles. The Morgan fingerprint density at radius 3 is 2.52 bits per heavy atom. The zero-order chi connectivity index (χ0) is 18.2. The second kappa shape index (κ2) is 6.61. The summed E-state index contributed by atoms with van der Waals surface area (Å²) in [5, 5.41) is 10.9. The number of hydrogen-bond donors (Lipinski definition) is 1. The van der Waals surface area contributed by atoms with E-state index in [1.165, 1.54) is 0 Å². The summed E-state index contributed by atoms with van der Waals surface area (Å²) in [5.41, 5.74) is -0.0897. The Bertz CT molecular complexity index is 753. The van der Waals surface area contributed by atoms with Gasteiger partial charge in [-0.05, 0) is 46.5 Å². The molecule has 136 valence electrons. The fourth-order valence-corrected chi connectivity index (χ4v) is 3.11. The Morgan fingerprint density at radius 1 is 1.12 bits per heavy atom. The van der Waals surface area contributed by atoms with Gasteiger partial charge in [0.1, 0.15) is 6.33 Å². The molecule has 1 aliphatic carbocycles. The molecule has 2 aromatic rings. The highest BCUT2D eigenvalue weighted by molar-refractivity contribution is 5.38. The summed E-state index contributed by atoms with van der Waals surface area (Å²) in [6, 6.07) is -0.225. The largest absolute Gasteiger partial charge is 0.433 e. The van der Waals surface area contributed by atoms with Crippen molar-refractivity contribution in [1.82, 2.24) is 24.7 Å². The van der Waals surface area contributed by atoms with E-state index >= 15 is 0 Å². The molecule has 0 aliphatic heterocycles. The Hall–Kier alpha value is -2.19. The van der Waals surface area contributed by atoms with Gasteiger partial charge in [0.25, 0.3) is 0 Å². The predicted octanol–water partition coefficient (Wildman–Crippen LogP) is 3.72. The fourth-order valence-electron chi connectivity index (χ4n) is 3.11. The molecule has 1 aliphatic rings. The molecule has 2 aromatic heterocycles. The van der Waals surface area contributed by atoms with E-state index in [2.05, 4.69) is 25.5 Å². The van der Waals surface area contributed by atoms with Gasteiger partial charge in [-0.2, -0.15) is 13.2 Å². The topological polar surface area (TPSA) is 68.5 Å². The lowest BCUT2D eigenvalue weighted by Gasteiger charge is -2.22. The molecule has 0 bridgehead atoms. The lowest BCUT2D eigenvalue weighted by Crippen LogP contribution is -2.22. The molecule has 0 amide bonds. The highest BCUT2D eigenvalue weighted by atomic mass is 19.4. The van der Waals surface area contributed by atoms with E-state index in [0.29, 0.717) is 24.4 Å². The highest BCUT2D eigenvalue weighted by Crippen LogP contribution is 2.35. The number of anilines is 1. The molecule has 9 heteroatoms. The Labute approximate surface area is 143 Å². The molecular weight excluding hydrogens is 333 g/mol. The molecule has 3 rings (SSSR count). The van der Waals surface area contributed by atoms with Crippen LogP contribution in [0.1, 0.15) is 68.5 Å². The average Bonchev–Trinajstić information content (AvgIpc) is 3.03. The molecule has 2 heterocycles. The minimum Gasteiger partial charge on any atom is -0.344 e. The zero-order valence-electron chi connectivity index (χ0n) is 14.4. The van der Waals surface area contributed by atoms with E-state index in [-0.39, 0.29) is 23.6 Å². The Morgan fingerprint density at radius 2 is 1.84 bits per heavy atom. The minimum atomic E-state index is -4.48. The molecule has 1 atom stereocenters. The summed E-state index contributed by atoms with van der Waals surface area (Å²) < 4.78 is 42.0. The normalized spacial score (nSPS) is 16.0. The van der Waals surface area contributed by atoms with Crippen molar-refractivity contribution in [2.45, 2.75) is 64.7 Å². The van der Waals surface area contributed by atoms with Crippen LogP contribution in [0.4, 0.5) is 19.1 Å². The molecule has 0 radical (unpaired) electrons. The Balaban J connectivity index is 1.93. The molecule has 6 nitrogen and oxygen atoms in total. The first-order valence-electron chi connectivity index (χ1n) is 8.40. The van der Waals surface area contributed by atoms with Gasteiger partial charge in [-0.15, -0.1) is 10.2 Å². The van der Waals surface area contributed by atoms with Crippen molar-refractivity contribution in [3.8, 4) is 0 Å². The molecule has 0 spiro atoms. The zero-order valence-corrected chi connectivity index (χ0v) is 14.4. The molecule has 0 aromatic carbocycles. The molecule has 1 N–H and O–H groups in total. The standard InChI is InChI=1S/C16H21F3N6/c1-9(2)25-8-20-24-14(25)10(3)21-15-22-12-7-5-4-6-11(12)13(23-15)16(17,18)19/h8-10H,4-7H2,1-3H3,(H,21,22,23). The number of aromatic nitrogens is 5. The van der Waals surface area contributed by atoms with Gasteiger partial charge >= 0.3 is 6.18 Å². The average molecular weight is 354 g/mol. The number of fused-ring (bicyclic) bond motifs is 1. The van der Waals surface area contributed by atoms with Crippen molar-refractivity contribution in [2.75, 3.05) is 5.32 Å². The van der Waals surface area contributed by atoms with Gasteiger partial charge in [-0.3, -0.25) is 0 Å². The van der Waals surface area contributed by atoms with Gasteiger partial charge in [0.15, 0.2) is 11.5 Å². The van der Waals surface area contributed by atoms with Crippen LogP contribution in [0.15, 0.2) is 6.33 Å². The first kappa shape index (κ1) is 17.6. The smallest absolute Gasteiger partial charge is 0.344 e. The van der Waals surface area contributed by atoms with Crippen LogP contribution in [0, 0.1) is 0 Å². The number of nitrogens with zero attached hydrogens (tertiary/aromatic N) is 5. The third-order valence-corrected chi connectivity index (χ3v) is 4.34. The number of nitrogens with one attached hydrogen (secondary N) is 1. The van der Waals surface area contributed by atoms with E-state index in [1.54, 1.807) is 13.3 Å². The van der Waals surface area contributed by atoms with Crippen LogP contribution in [0.3, 0.4) is 0 Å². The van der Waals surface area contributed by atoms with Crippen LogP contribution in [0.5, 0.6) is 0 Å². The van der Waals surface area contributed by atoms with E-state index in [1.807, 2.05) is 18.4 Å². The maximum atomic E-state index is 13.4. The van der Waals surface area contributed by atoms with Gasteiger partial charge in [-0.25, -0.2) is 9.97 Å². The summed E-state index contributed by atoms with van der Waals surface area (Å²) in [4.78, 5) is 8.11. The van der Waals surface area contributed by atoms with E-state index < -0.39 is 11.9 Å². The molecule has 1 unspecified atom stereocenters. The van der Waals surface area contributed by atoms with Gasteiger partial charge in [0.2, 0.25) is 5.95 Å². The molecular formula is C16H21F3N6. The second-order valence-corrected chi connectivity index (χ2v) is 6.58. The first-order valence-corrected chi connectivity index (χ1v) is 8.40. The lowest BCUT2D eigenvalue weighted by atomic mass is 9.94. The maximum absolute atomic E-state index is 13.4. The van der Waals surface area contributed by atoms with E-state index in [4.69, 9.17) is 0 Å². The third-order valence-electron chi connectivity index (χ3n) is 4.34. The summed E-state index contributed by atoms with van der Waals surface area (Å²) in [6.45, 7) is 5.77. The summed E-state index contributed by atoms with van der Waals surface area (Å²) in [7, 11) is 0. The van der Waals surface area contributed by atoms with Crippen LogP contribution < -0.4 is 5.32 Å². The van der Waals surface area contributed by atoms with Gasteiger partial charge in [0, 0.05) is 17.3 Å². The summed E-state index contributed by atoms with van der Waals surface area (Å²) >= 11 is 0. The molecule has 0 fully saturated rings. The number of aryl methyl sites for hydroxylation is 1. The maximum Gasteiger partial charge on any atom is 0.433 e. The van der Waals surface area contributed by atoms with Crippen molar-refractivity contribution in [2.24, 2.45) is 0 Å². The monoisotopic (exact) mass is 354 g/mol. The molecule has 25 heavy (non-hydrogen) atoms. The summed E-state index contributed by atoms with van der Waals surface area (Å²) in [5.74, 6) is 0.615. The predicted molar refractivity (Wildman–Crippen MR) is 86.1 cm³/mol. The van der Waals surface area contributed by atoms with Gasteiger partial charge in [-0.1, -0.05) is 0 Å². The molecule has 0 saturated carbocycles. The van der Waals surface area contributed by atoms with Crippen LogP contribution in [0.2, 0.25) is 0 Å². The van der Waals surface area contributed by atoms with Crippen LogP contribution in [-0.2, 0) is 19.0 Å². The van der Waals surface area contributed by atoms with Crippen molar-refractivity contribution in [3.05, 3.63) is 29.1 Å². The number of halogens is 3. The third kappa shape index (κ3) is 3.59. The Kier molecular flexibility index (Phi) is 4.66. The minimum absolute atomic E-state index is 0.0150. The fraction of sp³-hybridized carbons (Fsp3) is 0.625. The van der Waals surface area contributed by atoms with Crippen molar-refractivity contribution >= 4 is 5.95 Å². The van der Waals surface area contributed by atoms with Crippen molar-refractivity contribution in [3.63, 3.8) is 0 Å². The van der Waals surface area contributed by atoms with Crippen LogP contribution >= 0.6 is 0 Å². The second-order valence-electron chi connectivity index (χ2n) is 6.58. The SMILES string of the molecule is CC(Nc1nc2c(c(C(F)(F)F)n1)CCCC2)c1nncn1C(C)C. The number of hydrogen-bond acceptors (Lipinski definition) is 5. The van der Waals surface area contributed by atoms with Crippen LogP contribution in [-0.4, -0.2) is 24.7 Å². The van der Waals surface area contributed by atoms with Crippen molar-refractivity contribution in [1.29, 1.82) is 0 Å². The lowest BCUT2D eigenvalue weighted by molar-refractivity contribution is -0.142. The van der Waals surface area contributed by atoms with Crippen LogP contribution in [0.25, 0.3) is 0 Å². The highest BCUT2D eigenvalue weighted by Gasteiger charge is 2.38.